The van der Waals surface area contributed by atoms with Gasteiger partial charge in [-0.25, -0.2) is 0 Å². The molecule has 1 N–H and O–H groups in total. The Labute approximate surface area is 173 Å². The van der Waals surface area contributed by atoms with Crippen LogP contribution >= 0.6 is 11.3 Å². The minimum absolute atomic E-state index is 0.0572. The lowest BCUT2D eigenvalue weighted by molar-refractivity contribution is 0.0958. The van der Waals surface area contributed by atoms with E-state index in [1.807, 2.05) is 48.7 Å². The van der Waals surface area contributed by atoms with E-state index in [2.05, 4.69) is 28.1 Å². The van der Waals surface area contributed by atoms with Gasteiger partial charge in [-0.1, -0.05) is 24.3 Å². The van der Waals surface area contributed by atoms with Crippen LogP contribution in [0.15, 0.2) is 66.9 Å². The van der Waals surface area contributed by atoms with Gasteiger partial charge in [0.05, 0.1) is 24.6 Å². The number of carbonyl (C=O) groups excluding carboxylic acids is 1. The summed E-state index contributed by atoms with van der Waals surface area (Å²) in [6.07, 6.45) is 2.75. The van der Waals surface area contributed by atoms with Gasteiger partial charge in [0.1, 0.15) is 5.00 Å². The highest BCUT2D eigenvalue weighted by molar-refractivity contribution is 7.16. The largest absolute Gasteiger partial charge is 0.493 e. The summed E-state index contributed by atoms with van der Waals surface area (Å²) in [4.78, 5) is 13.2. The number of aromatic nitrogens is 1. The zero-order valence-electron chi connectivity index (χ0n) is 16.3. The van der Waals surface area contributed by atoms with Crippen LogP contribution in [-0.4, -0.2) is 31.2 Å². The molecule has 6 heteroatoms. The van der Waals surface area contributed by atoms with Gasteiger partial charge in [-0.05, 0) is 53.8 Å². The maximum absolute atomic E-state index is 12.6. The maximum atomic E-state index is 12.6. The molecule has 148 valence electrons. The van der Waals surface area contributed by atoms with Crippen molar-refractivity contribution in [2.24, 2.45) is 0 Å². The highest BCUT2D eigenvalue weighted by Crippen LogP contribution is 2.28. The van der Waals surface area contributed by atoms with Gasteiger partial charge in [0.15, 0.2) is 11.5 Å². The molecule has 0 aliphatic carbocycles. The van der Waals surface area contributed by atoms with Gasteiger partial charge in [0.2, 0.25) is 0 Å². The lowest BCUT2D eigenvalue weighted by atomic mass is 10.1. The highest BCUT2D eigenvalue weighted by Gasteiger charge is 2.12. The summed E-state index contributed by atoms with van der Waals surface area (Å²) in [6, 6.07) is 20.0. The molecule has 1 amide bonds. The molecule has 0 bridgehead atoms. The molecular formula is C23H22N2O3S. The first-order valence-corrected chi connectivity index (χ1v) is 10.2. The second kappa shape index (κ2) is 8.41. The number of amides is 1. The molecular weight excluding hydrogens is 384 g/mol. The number of thiophene rings is 1. The minimum Gasteiger partial charge on any atom is -0.493 e. The van der Waals surface area contributed by atoms with Crippen LogP contribution < -0.4 is 14.8 Å². The molecule has 0 fully saturated rings. The summed E-state index contributed by atoms with van der Waals surface area (Å²) in [5, 5.41) is 5.21. The van der Waals surface area contributed by atoms with E-state index in [9.17, 15) is 4.79 Å². The normalized spacial score (nSPS) is 10.8. The van der Waals surface area contributed by atoms with Crippen LogP contribution in [0.5, 0.6) is 11.5 Å². The van der Waals surface area contributed by atoms with Crippen molar-refractivity contribution in [2.75, 3.05) is 20.8 Å². The molecule has 0 spiro atoms. The van der Waals surface area contributed by atoms with Crippen LogP contribution in [-0.2, 0) is 6.42 Å². The first-order valence-electron chi connectivity index (χ1n) is 9.35. The van der Waals surface area contributed by atoms with Crippen LogP contribution in [0.25, 0.3) is 15.9 Å². The van der Waals surface area contributed by atoms with E-state index in [-0.39, 0.29) is 5.91 Å². The van der Waals surface area contributed by atoms with E-state index in [4.69, 9.17) is 9.47 Å². The number of carbonyl (C=O) groups is 1. The van der Waals surface area contributed by atoms with Crippen molar-refractivity contribution >= 4 is 28.1 Å². The third-order valence-corrected chi connectivity index (χ3v) is 5.88. The lowest BCUT2D eigenvalue weighted by Crippen LogP contribution is -2.24. The predicted octanol–water partition coefficient (Wildman–Crippen LogP) is 4.68. The van der Waals surface area contributed by atoms with Crippen LogP contribution in [0.2, 0.25) is 0 Å². The Hall–Kier alpha value is -3.25. The lowest BCUT2D eigenvalue weighted by Gasteiger charge is -2.10. The Morgan fingerprint density at radius 2 is 1.83 bits per heavy atom. The maximum Gasteiger partial charge on any atom is 0.261 e. The van der Waals surface area contributed by atoms with Gasteiger partial charge in [0.25, 0.3) is 5.91 Å². The van der Waals surface area contributed by atoms with Crippen molar-refractivity contribution < 1.29 is 14.3 Å². The standard InChI is InChI=1S/C23H22N2O3S/c1-27-19-8-7-16(15-20(19)28-2)11-13-24-23(26)21-9-10-22(29-21)25-14-12-17-5-3-4-6-18(17)25/h3-10,12,14-15H,11,13H2,1-2H3,(H,24,26). The van der Waals surface area contributed by atoms with Crippen molar-refractivity contribution in [2.45, 2.75) is 6.42 Å². The Kier molecular flexibility index (Phi) is 5.53. The number of para-hydroxylation sites is 1. The molecule has 2 heterocycles. The number of ether oxygens (including phenoxy) is 2. The third-order valence-electron chi connectivity index (χ3n) is 4.80. The first kappa shape index (κ1) is 19.1. The molecule has 29 heavy (non-hydrogen) atoms. The van der Waals surface area contributed by atoms with Crippen molar-refractivity contribution in [3.63, 3.8) is 0 Å². The summed E-state index contributed by atoms with van der Waals surface area (Å²) >= 11 is 1.49. The zero-order valence-corrected chi connectivity index (χ0v) is 17.2. The Balaban J connectivity index is 1.40. The number of benzene rings is 2. The fourth-order valence-electron chi connectivity index (χ4n) is 3.30. The first-order chi connectivity index (χ1) is 14.2. The highest BCUT2D eigenvalue weighted by atomic mass is 32.1. The van der Waals surface area contributed by atoms with E-state index in [1.165, 1.54) is 16.7 Å². The van der Waals surface area contributed by atoms with Gasteiger partial charge in [-0.2, -0.15) is 0 Å². The van der Waals surface area contributed by atoms with Gasteiger partial charge >= 0.3 is 0 Å². The van der Waals surface area contributed by atoms with Gasteiger partial charge in [-0.3, -0.25) is 4.79 Å². The molecule has 2 aromatic heterocycles. The molecule has 0 aliphatic heterocycles. The molecule has 0 saturated carbocycles. The monoisotopic (exact) mass is 406 g/mol. The summed E-state index contributed by atoms with van der Waals surface area (Å²) in [6.45, 7) is 0.550. The molecule has 4 rings (SSSR count). The molecule has 5 nitrogen and oxygen atoms in total. The molecule has 4 aromatic rings. The van der Waals surface area contributed by atoms with Crippen molar-refractivity contribution in [1.29, 1.82) is 0 Å². The fourth-order valence-corrected chi connectivity index (χ4v) is 4.22. The van der Waals surface area contributed by atoms with Crippen LogP contribution in [0.3, 0.4) is 0 Å². The quantitative estimate of drug-likeness (QED) is 0.485. The molecule has 0 atom stereocenters. The number of methoxy groups -OCH3 is 2. The fraction of sp³-hybridized carbons (Fsp3) is 0.174. The Morgan fingerprint density at radius 1 is 1.00 bits per heavy atom. The molecule has 2 aromatic carbocycles. The zero-order chi connectivity index (χ0) is 20.2. The minimum atomic E-state index is -0.0572. The van der Waals surface area contributed by atoms with Gasteiger partial charge < -0.3 is 19.4 Å². The van der Waals surface area contributed by atoms with E-state index in [0.717, 1.165) is 16.1 Å². The predicted molar refractivity (Wildman–Crippen MR) is 117 cm³/mol. The smallest absolute Gasteiger partial charge is 0.261 e. The number of hydrogen-bond donors (Lipinski definition) is 1. The van der Waals surface area contributed by atoms with E-state index < -0.39 is 0 Å². The van der Waals surface area contributed by atoms with E-state index in [0.29, 0.717) is 29.3 Å². The SMILES string of the molecule is COc1ccc(CCNC(=O)c2ccc(-n3ccc4ccccc43)s2)cc1OC. The van der Waals surface area contributed by atoms with E-state index in [1.54, 1.807) is 14.2 Å². The number of nitrogens with one attached hydrogen (secondary N) is 1. The van der Waals surface area contributed by atoms with Gasteiger partial charge in [0, 0.05) is 12.7 Å². The molecule has 0 saturated heterocycles. The average molecular weight is 407 g/mol. The van der Waals surface area contributed by atoms with Crippen LogP contribution in [0.4, 0.5) is 0 Å². The topological polar surface area (TPSA) is 52.5 Å². The van der Waals surface area contributed by atoms with Crippen molar-refractivity contribution in [3.8, 4) is 16.5 Å². The Bertz CT molecular complexity index is 1150. The van der Waals surface area contributed by atoms with Gasteiger partial charge in [-0.15, -0.1) is 11.3 Å². The van der Waals surface area contributed by atoms with Crippen molar-refractivity contribution in [3.05, 3.63) is 77.3 Å². The van der Waals surface area contributed by atoms with Crippen molar-refractivity contribution in [1.82, 2.24) is 9.88 Å². The Morgan fingerprint density at radius 3 is 2.66 bits per heavy atom. The number of nitrogens with zero attached hydrogens (tertiary/aromatic N) is 1. The van der Waals surface area contributed by atoms with Crippen LogP contribution in [0.1, 0.15) is 15.2 Å². The molecule has 0 radical (unpaired) electrons. The van der Waals surface area contributed by atoms with E-state index >= 15 is 0 Å². The number of fused-ring (bicyclic) bond motifs is 1. The summed E-state index contributed by atoms with van der Waals surface area (Å²) in [5.41, 5.74) is 2.21. The number of rotatable bonds is 7. The van der Waals surface area contributed by atoms with Crippen LogP contribution in [0, 0.1) is 0 Å². The molecule has 0 unspecified atom stereocenters. The number of hydrogen-bond acceptors (Lipinski definition) is 4. The summed E-state index contributed by atoms with van der Waals surface area (Å²) in [5.74, 6) is 1.33. The third kappa shape index (κ3) is 3.98. The second-order valence-corrected chi connectivity index (χ2v) is 7.64. The summed E-state index contributed by atoms with van der Waals surface area (Å²) in [7, 11) is 3.23. The summed E-state index contributed by atoms with van der Waals surface area (Å²) < 4.78 is 12.7. The average Bonchev–Trinajstić information content (AvgIpc) is 3.40. The molecule has 0 aliphatic rings. The second-order valence-electron chi connectivity index (χ2n) is 6.58.